The van der Waals surface area contributed by atoms with Crippen LogP contribution in [0.25, 0.3) is 0 Å². The molecular weight excluding hydrogens is 236 g/mol. The Balaban J connectivity index is 1.64. The SMILES string of the molecule is CCCN(C1CNC1)C1CCOC2(CCCCC2)C1. The van der Waals surface area contributed by atoms with Crippen molar-refractivity contribution in [3.05, 3.63) is 0 Å². The summed E-state index contributed by atoms with van der Waals surface area (Å²) in [6.07, 6.45) is 10.6. The smallest absolute Gasteiger partial charge is 0.0697 e. The lowest BCUT2D eigenvalue weighted by Gasteiger charge is -2.50. The quantitative estimate of drug-likeness (QED) is 0.846. The monoisotopic (exact) mass is 266 g/mol. The van der Waals surface area contributed by atoms with E-state index in [2.05, 4.69) is 17.1 Å². The van der Waals surface area contributed by atoms with Gasteiger partial charge >= 0.3 is 0 Å². The highest BCUT2D eigenvalue weighted by atomic mass is 16.5. The number of rotatable bonds is 4. The Bertz CT molecular complexity index is 279. The summed E-state index contributed by atoms with van der Waals surface area (Å²) in [6, 6.07) is 1.57. The van der Waals surface area contributed by atoms with Crippen LogP contribution in [0.3, 0.4) is 0 Å². The fourth-order valence-corrected chi connectivity index (χ4v) is 4.26. The van der Waals surface area contributed by atoms with E-state index in [9.17, 15) is 0 Å². The Hall–Kier alpha value is -0.120. The number of ether oxygens (including phenoxy) is 1. The summed E-state index contributed by atoms with van der Waals surface area (Å²) < 4.78 is 6.25. The minimum absolute atomic E-state index is 0.254. The first-order valence-corrected chi connectivity index (χ1v) is 8.43. The average molecular weight is 266 g/mol. The van der Waals surface area contributed by atoms with Gasteiger partial charge in [-0.15, -0.1) is 0 Å². The Morgan fingerprint density at radius 1 is 1.16 bits per heavy atom. The van der Waals surface area contributed by atoms with E-state index in [1.807, 2.05) is 0 Å². The van der Waals surface area contributed by atoms with Gasteiger partial charge in [0.15, 0.2) is 0 Å². The molecule has 0 aromatic heterocycles. The van der Waals surface area contributed by atoms with Crippen molar-refractivity contribution in [2.45, 2.75) is 76.0 Å². The number of nitrogens with zero attached hydrogens (tertiary/aromatic N) is 1. The molecule has 2 aliphatic heterocycles. The molecule has 1 saturated carbocycles. The molecule has 0 bridgehead atoms. The summed E-state index contributed by atoms with van der Waals surface area (Å²) in [7, 11) is 0. The summed E-state index contributed by atoms with van der Waals surface area (Å²) in [4.78, 5) is 2.80. The van der Waals surface area contributed by atoms with Crippen LogP contribution in [0.15, 0.2) is 0 Å². The largest absolute Gasteiger partial charge is 0.375 e. The maximum Gasteiger partial charge on any atom is 0.0697 e. The zero-order chi connectivity index (χ0) is 13.1. The minimum Gasteiger partial charge on any atom is -0.375 e. The lowest BCUT2D eigenvalue weighted by atomic mass is 9.77. The molecular formula is C16H30N2O. The zero-order valence-electron chi connectivity index (χ0n) is 12.5. The third-order valence-corrected chi connectivity index (χ3v) is 5.41. The van der Waals surface area contributed by atoms with Crippen LogP contribution in [0.1, 0.15) is 58.3 Å². The van der Waals surface area contributed by atoms with Crippen molar-refractivity contribution in [2.75, 3.05) is 26.2 Å². The van der Waals surface area contributed by atoms with Gasteiger partial charge in [-0.2, -0.15) is 0 Å². The zero-order valence-corrected chi connectivity index (χ0v) is 12.5. The van der Waals surface area contributed by atoms with Gasteiger partial charge < -0.3 is 10.1 Å². The van der Waals surface area contributed by atoms with Crippen molar-refractivity contribution < 1.29 is 4.74 Å². The third kappa shape index (κ3) is 2.98. The summed E-state index contributed by atoms with van der Waals surface area (Å²) >= 11 is 0. The Labute approximate surface area is 118 Å². The lowest BCUT2D eigenvalue weighted by Crippen LogP contribution is -2.62. The molecule has 1 aliphatic carbocycles. The van der Waals surface area contributed by atoms with E-state index < -0.39 is 0 Å². The first-order valence-electron chi connectivity index (χ1n) is 8.43. The second-order valence-electron chi connectivity index (χ2n) is 6.79. The maximum absolute atomic E-state index is 6.25. The minimum atomic E-state index is 0.254. The third-order valence-electron chi connectivity index (χ3n) is 5.41. The molecule has 3 heteroatoms. The molecule has 1 atom stereocenters. The number of hydrogen-bond donors (Lipinski definition) is 1. The highest BCUT2D eigenvalue weighted by molar-refractivity contribution is 4.96. The van der Waals surface area contributed by atoms with Gasteiger partial charge in [0.2, 0.25) is 0 Å². The Morgan fingerprint density at radius 3 is 2.58 bits per heavy atom. The van der Waals surface area contributed by atoms with E-state index in [-0.39, 0.29) is 5.60 Å². The molecule has 0 amide bonds. The normalized spacial score (nSPS) is 31.6. The highest BCUT2D eigenvalue weighted by Crippen LogP contribution is 2.40. The number of nitrogens with one attached hydrogen (secondary N) is 1. The van der Waals surface area contributed by atoms with Gasteiger partial charge in [0, 0.05) is 31.8 Å². The van der Waals surface area contributed by atoms with Crippen molar-refractivity contribution in [2.24, 2.45) is 0 Å². The van der Waals surface area contributed by atoms with Crippen LogP contribution in [-0.2, 0) is 4.74 Å². The van der Waals surface area contributed by atoms with Crippen molar-refractivity contribution in [1.29, 1.82) is 0 Å². The van der Waals surface area contributed by atoms with Gasteiger partial charge in [-0.05, 0) is 38.6 Å². The molecule has 3 nitrogen and oxygen atoms in total. The molecule has 0 aromatic carbocycles. The van der Waals surface area contributed by atoms with Gasteiger partial charge in [-0.1, -0.05) is 26.2 Å². The molecule has 3 rings (SSSR count). The maximum atomic E-state index is 6.25. The summed E-state index contributed by atoms with van der Waals surface area (Å²) in [5.41, 5.74) is 0.254. The van der Waals surface area contributed by atoms with E-state index in [4.69, 9.17) is 4.74 Å². The van der Waals surface area contributed by atoms with Crippen molar-refractivity contribution in [3.8, 4) is 0 Å². The fourth-order valence-electron chi connectivity index (χ4n) is 4.26. The van der Waals surface area contributed by atoms with Gasteiger partial charge in [0.05, 0.1) is 5.60 Å². The van der Waals surface area contributed by atoms with E-state index in [1.165, 1.54) is 71.0 Å². The molecule has 1 unspecified atom stereocenters. The van der Waals surface area contributed by atoms with Crippen LogP contribution in [0.2, 0.25) is 0 Å². The molecule has 19 heavy (non-hydrogen) atoms. The molecule has 0 aromatic rings. The second kappa shape index (κ2) is 6.11. The van der Waals surface area contributed by atoms with E-state index in [0.717, 1.165) is 18.7 Å². The van der Waals surface area contributed by atoms with Crippen LogP contribution in [0, 0.1) is 0 Å². The molecule has 0 radical (unpaired) electrons. The average Bonchev–Trinajstić information content (AvgIpc) is 2.37. The Kier molecular flexibility index (Phi) is 4.45. The van der Waals surface area contributed by atoms with Gasteiger partial charge in [-0.3, -0.25) is 4.90 Å². The topological polar surface area (TPSA) is 24.5 Å². The summed E-state index contributed by atoms with van der Waals surface area (Å²) in [5, 5.41) is 3.44. The van der Waals surface area contributed by atoms with Gasteiger partial charge in [-0.25, -0.2) is 0 Å². The molecule has 110 valence electrons. The molecule has 2 saturated heterocycles. The van der Waals surface area contributed by atoms with E-state index in [1.54, 1.807) is 0 Å². The van der Waals surface area contributed by atoms with Crippen molar-refractivity contribution >= 4 is 0 Å². The lowest BCUT2D eigenvalue weighted by molar-refractivity contribution is -0.130. The molecule has 2 heterocycles. The highest BCUT2D eigenvalue weighted by Gasteiger charge is 2.41. The van der Waals surface area contributed by atoms with Crippen molar-refractivity contribution in [1.82, 2.24) is 10.2 Å². The van der Waals surface area contributed by atoms with E-state index >= 15 is 0 Å². The van der Waals surface area contributed by atoms with Crippen LogP contribution < -0.4 is 5.32 Å². The fraction of sp³-hybridized carbons (Fsp3) is 1.00. The Morgan fingerprint density at radius 2 is 1.95 bits per heavy atom. The predicted molar refractivity (Wildman–Crippen MR) is 78.4 cm³/mol. The van der Waals surface area contributed by atoms with Gasteiger partial charge in [0.25, 0.3) is 0 Å². The summed E-state index contributed by atoms with van der Waals surface area (Å²) in [5.74, 6) is 0. The predicted octanol–water partition coefficient (Wildman–Crippen LogP) is 2.55. The number of hydrogen-bond acceptors (Lipinski definition) is 3. The standard InChI is InChI=1S/C16H30N2O/c1-2-9-18(15-12-17-13-15)14-6-10-19-16(11-14)7-4-3-5-8-16/h14-15,17H,2-13H2,1H3. The summed E-state index contributed by atoms with van der Waals surface area (Å²) in [6.45, 7) is 6.97. The van der Waals surface area contributed by atoms with Crippen LogP contribution in [-0.4, -0.2) is 48.8 Å². The molecule has 3 aliphatic rings. The van der Waals surface area contributed by atoms with Crippen molar-refractivity contribution in [3.63, 3.8) is 0 Å². The molecule has 1 N–H and O–H groups in total. The second-order valence-corrected chi connectivity index (χ2v) is 6.79. The van der Waals surface area contributed by atoms with Gasteiger partial charge in [0.1, 0.15) is 0 Å². The molecule has 3 fully saturated rings. The van der Waals surface area contributed by atoms with Crippen LogP contribution >= 0.6 is 0 Å². The molecule has 1 spiro atoms. The first kappa shape index (κ1) is 13.8. The van der Waals surface area contributed by atoms with Crippen LogP contribution in [0.4, 0.5) is 0 Å². The van der Waals surface area contributed by atoms with Crippen LogP contribution in [0.5, 0.6) is 0 Å². The van der Waals surface area contributed by atoms with E-state index in [0.29, 0.717) is 0 Å². The first-order chi connectivity index (χ1) is 9.33.